The maximum absolute atomic E-state index is 5.95. The Labute approximate surface area is 137 Å². The number of thiophene rings is 1. The monoisotopic (exact) mass is 321 g/mol. The van der Waals surface area contributed by atoms with E-state index in [1.807, 2.05) is 6.07 Å². The summed E-state index contributed by atoms with van der Waals surface area (Å²) in [6.07, 6.45) is 2.19. The van der Waals surface area contributed by atoms with Gasteiger partial charge in [-0.15, -0.1) is 11.3 Å². The number of rotatable bonds is 7. The second-order valence-corrected chi connectivity index (χ2v) is 7.77. The zero-order chi connectivity index (χ0) is 15.2. The van der Waals surface area contributed by atoms with E-state index in [0.717, 1.165) is 23.7 Å². The van der Waals surface area contributed by atoms with E-state index in [1.54, 1.807) is 11.3 Å². The molecule has 1 atom stereocenters. The molecule has 1 nitrogen and oxygen atoms in total. The summed E-state index contributed by atoms with van der Waals surface area (Å²) >= 11 is 7.61. The van der Waals surface area contributed by atoms with E-state index in [9.17, 15) is 0 Å². The van der Waals surface area contributed by atoms with Crippen molar-refractivity contribution < 1.29 is 0 Å². The zero-order valence-electron chi connectivity index (χ0n) is 13.0. The van der Waals surface area contributed by atoms with Crippen LogP contribution in [0.1, 0.15) is 42.8 Å². The van der Waals surface area contributed by atoms with Gasteiger partial charge in [-0.2, -0.15) is 0 Å². The molecule has 0 aliphatic carbocycles. The minimum atomic E-state index is 0.383. The number of nitrogens with one attached hydrogen (secondary N) is 1. The molecule has 0 saturated heterocycles. The fourth-order valence-corrected chi connectivity index (χ4v) is 3.52. The molecular weight excluding hydrogens is 298 g/mol. The Morgan fingerprint density at radius 3 is 2.33 bits per heavy atom. The van der Waals surface area contributed by atoms with E-state index in [2.05, 4.69) is 56.4 Å². The van der Waals surface area contributed by atoms with Crippen molar-refractivity contribution in [2.45, 2.75) is 39.7 Å². The van der Waals surface area contributed by atoms with Gasteiger partial charge in [-0.05, 0) is 48.9 Å². The van der Waals surface area contributed by atoms with Gasteiger partial charge in [-0.25, -0.2) is 0 Å². The molecule has 0 radical (unpaired) electrons. The third-order valence-corrected chi connectivity index (χ3v) is 4.87. The second-order valence-electron chi connectivity index (χ2n) is 5.97. The van der Waals surface area contributed by atoms with Gasteiger partial charge in [0.1, 0.15) is 0 Å². The minimum absolute atomic E-state index is 0.383. The molecule has 0 amide bonds. The van der Waals surface area contributed by atoms with Crippen molar-refractivity contribution in [1.29, 1.82) is 0 Å². The molecule has 1 heterocycles. The summed E-state index contributed by atoms with van der Waals surface area (Å²) in [7, 11) is 0. The predicted molar refractivity (Wildman–Crippen MR) is 94.4 cm³/mol. The first-order valence-corrected chi connectivity index (χ1v) is 8.80. The van der Waals surface area contributed by atoms with E-state index in [4.69, 9.17) is 11.6 Å². The standard InChI is InChI=1S/C18H24ClNS/c1-13(2)12-15-4-6-16(7-5-15)14(3)20-11-10-17-8-9-18(19)21-17/h4-9,13-14,20H,10-12H2,1-3H3. The number of halogens is 1. The Bertz CT molecular complexity index is 545. The van der Waals surface area contributed by atoms with E-state index in [0.29, 0.717) is 12.0 Å². The summed E-state index contributed by atoms with van der Waals surface area (Å²) in [5.41, 5.74) is 2.78. The molecule has 1 N–H and O–H groups in total. The van der Waals surface area contributed by atoms with Gasteiger partial charge in [0.25, 0.3) is 0 Å². The van der Waals surface area contributed by atoms with Gasteiger partial charge >= 0.3 is 0 Å². The van der Waals surface area contributed by atoms with E-state index >= 15 is 0 Å². The SMILES string of the molecule is CC(C)Cc1ccc(C(C)NCCc2ccc(Cl)s2)cc1. The Kier molecular flexibility index (Phi) is 6.28. The van der Waals surface area contributed by atoms with Crippen molar-refractivity contribution in [3.8, 4) is 0 Å². The molecule has 0 aliphatic rings. The Hall–Kier alpha value is -0.830. The van der Waals surface area contributed by atoms with Crippen molar-refractivity contribution in [2.75, 3.05) is 6.54 Å². The van der Waals surface area contributed by atoms with Crippen LogP contribution in [0.2, 0.25) is 4.34 Å². The van der Waals surface area contributed by atoms with Crippen LogP contribution in [0.5, 0.6) is 0 Å². The van der Waals surface area contributed by atoms with Crippen LogP contribution in [-0.4, -0.2) is 6.54 Å². The molecule has 3 heteroatoms. The normalized spacial score (nSPS) is 12.8. The van der Waals surface area contributed by atoms with Gasteiger partial charge in [-0.1, -0.05) is 49.7 Å². The fraction of sp³-hybridized carbons (Fsp3) is 0.444. The first-order chi connectivity index (χ1) is 10.0. The summed E-state index contributed by atoms with van der Waals surface area (Å²) < 4.78 is 0.874. The highest BCUT2D eigenvalue weighted by atomic mass is 35.5. The minimum Gasteiger partial charge on any atom is -0.310 e. The first kappa shape index (κ1) is 16.5. The quantitative estimate of drug-likeness (QED) is 0.710. The molecule has 0 fully saturated rings. The Morgan fingerprint density at radius 1 is 1.05 bits per heavy atom. The van der Waals surface area contributed by atoms with Crippen LogP contribution in [0, 0.1) is 5.92 Å². The summed E-state index contributed by atoms with van der Waals surface area (Å²) in [4.78, 5) is 1.34. The van der Waals surface area contributed by atoms with Crippen molar-refractivity contribution in [3.63, 3.8) is 0 Å². The van der Waals surface area contributed by atoms with Crippen molar-refractivity contribution in [1.82, 2.24) is 5.32 Å². The van der Waals surface area contributed by atoms with E-state index < -0.39 is 0 Å². The molecule has 0 aliphatic heterocycles. The van der Waals surface area contributed by atoms with E-state index in [1.165, 1.54) is 16.0 Å². The predicted octanol–water partition coefficient (Wildman–Crippen LogP) is 5.49. The van der Waals surface area contributed by atoms with Gasteiger partial charge in [0.15, 0.2) is 0 Å². The molecule has 1 aromatic carbocycles. The Morgan fingerprint density at radius 2 is 1.76 bits per heavy atom. The summed E-state index contributed by atoms with van der Waals surface area (Å²) in [5.74, 6) is 0.712. The average Bonchev–Trinajstić information content (AvgIpc) is 2.84. The van der Waals surface area contributed by atoms with Crippen LogP contribution in [0.3, 0.4) is 0 Å². The molecule has 2 rings (SSSR count). The van der Waals surface area contributed by atoms with Gasteiger partial charge < -0.3 is 5.32 Å². The van der Waals surface area contributed by atoms with Crippen molar-refractivity contribution >= 4 is 22.9 Å². The molecule has 1 unspecified atom stereocenters. The maximum Gasteiger partial charge on any atom is 0.0931 e. The molecule has 21 heavy (non-hydrogen) atoms. The van der Waals surface area contributed by atoms with Crippen molar-refractivity contribution in [3.05, 3.63) is 56.7 Å². The average molecular weight is 322 g/mol. The number of hydrogen-bond acceptors (Lipinski definition) is 2. The highest BCUT2D eigenvalue weighted by molar-refractivity contribution is 7.16. The highest BCUT2D eigenvalue weighted by Crippen LogP contribution is 2.22. The molecule has 2 aromatic rings. The summed E-state index contributed by atoms with van der Waals surface area (Å²) in [6.45, 7) is 7.72. The van der Waals surface area contributed by atoms with Crippen molar-refractivity contribution in [2.24, 2.45) is 5.92 Å². The molecule has 0 bridgehead atoms. The number of hydrogen-bond donors (Lipinski definition) is 1. The smallest absolute Gasteiger partial charge is 0.0931 e. The zero-order valence-corrected chi connectivity index (χ0v) is 14.6. The largest absolute Gasteiger partial charge is 0.310 e. The summed E-state index contributed by atoms with van der Waals surface area (Å²) in [6, 6.07) is 13.5. The van der Waals surface area contributed by atoms with Gasteiger partial charge in [0.2, 0.25) is 0 Å². The second kappa shape index (κ2) is 7.98. The topological polar surface area (TPSA) is 12.0 Å². The molecule has 1 aromatic heterocycles. The molecule has 0 spiro atoms. The lowest BCUT2D eigenvalue weighted by Crippen LogP contribution is -2.21. The maximum atomic E-state index is 5.95. The van der Waals surface area contributed by atoms with Gasteiger partial charge in [0.05, 0.1) is 4.34 Å². The van der Waals surface area contributed by atoms with Crippen LogP contribution in [-0.2, 0) is 12.8 Å². The summed E-state index contributed by atoms with van der Waals surface area (Å²) in [5, 5.41) is 3.58. The first-order valence-electron chi connectivity index (χ1n) is 7.61. The Balaban J connectivity index is 1.81. The lowest BCUT2D eigenvalue weighted by Gasteiger charge is -2.15. The third-order valence-electron chi connectivity index (χ3n) is 3.57. The molecule has 114 valence electrons. The van der Waals surface area contributed by atoms with Gasteiger partial charge in [0, 0.05) is 17.5 Å². The van der Waals surface area contributed by atoms with Crippen LogP contribution >= 0.6 is 22.9 Å². The van der Waals surface area contributed by atoms with Crippen LogP contribution in [0.15, 0.2) is 36.4 Å². The van der Waals surface area contributed by atoms with Crippen LogP contribution in [0.25, 0.3) is 0 Å². The highest BCUT2D eigenvalue weighted by Gasteiger charge is 2.06. The van der Waals surface area contributed by atoms with Crippen LogP contribution in [0.4, 0.5) is 0 Å². The number of benzene rings is 1. The third kappa shape index (κ3) is 5.46. The molecule has 0 saturated carbocycles. The lowest BCUT2D eigenvalue weighted by atomic mass is 10.00. The fourth-order valence-electron chi connectivity index (χ4n) is 2.43. The molecular formula is C18H24ClNS. The van der Waals surface area contributed by atoms with E-state index in [-0.39, 0.29) is 0 Å². The van der Waals surface area contributed by atoms with Gasteiger partial charge in [-0.3, -0.25) is 0 Å². The van der Waals surface area contributed by atoms with Crippen LogP contribution < -0.4 is 5.32 Å². The lowest BCUT2D eigenvalue weighted by molar-refractivity contribution is 0.578.